The van der Waals surface area contributed by atoms with E-state index in [1.54, 1.807) is 25.1 Å². The van der Waals surface area contributed by atoms with Crippen molar-refractivity contribution in [2.75, 3.05) is 18.0 Å². The van der Waals surface area contributed by atoms with E-state index in [1.165, 1.54) is 6.07 Å². The van der Waals surface area contributed by atoms with Crippen LogP contribution in [0.25, 0.3) is 11.3 Å². The summed E-state index contributed by atoms with van der Waals surface area (Å²) in [4.78, 5) is 21.4. The highest BCUT2D eigenvalue weighted by Gasteiger charge is 2.25. The molecule has 0 fully saturated rings. The Morgan fingerprint density at radius 1 is 1.23 bits per heavy atom. The van der Waals surface area contributed by atoms with Gasteiger partial charge in [-0.05, 0) is 32.9 Å². The van der Waals surface area contributed by atoms with Crippen molar-refractivity contribution < 1.29 is 10.0 Å². The van der Waals surface area contributed by atoms with Crippen LogP contribution >= 0.6 is 0 Å². The number of para-hydroxylation sites is 1. The number of nitrogens with zero attached hydrogens (tertiary/aromatic N) is 4. The molecule has 7 nitrogen and oxygen atoms in total. The number of phenols is 1. The van der Waals surface area contributed by atoms with Crippen LogP contribution in [0.3, 0.4) is 0 Å². The predicted molar refractivity (Wildman–Crippen MR) is 84.1 cm³/mol. The van der Waals surface area contributed by atoms with Crippen molar-refractivity contribution in [2.24, 2.45) is 0 Å². The van der Waals surface area contributed by atoms with E-state index in [0.717, 1.165) is 0 Å². The first-order valence-corrected chi connectivity index (χ1v) is 7.05. The van der Waals surface area contributed by atoms with Crippen LogP contribution in [0.15, 0.2) is 24.3 Å². The van der Waals surface area contributed by atoms with Gasteiger partial charge in [0.15, 0.2) is 5.69 Å². The molecule has 0 radical (unpaired) electrons. The lowest BCUT2D eigenvalue weighted by molar-refractivity contribution is -0.385. The molecule has 0 spiro atoms. The first-order chi connectivity index (χ1) is 10.5. The van der Waals surface area contributed by atoms with Crippen LogP contribution in [0.1, 0.15) is 19.5 Å². The Hall–Kier alpha value is -2.70. The van der Waals surface area contributed by atoms with Crippen molar-refractivity contribution in [2.45, 2.75) is 20.8 Å². The van der Waals surface area contributed by atoms with Crippen LogP contribution in [-0.2, 0) is 0 Å². The molecule has 0 unspecified atom stereocenters. The quantitative estimate of drug-likeness (QED) is 0.674. The molecule has 0 saturated carbocycles. The minimum Gasteiger partial charge on any atom is -0.507 e. The molecule has 2 rings (SSSR count). The molecule has 1 aromatic heterocycles. The number of hydrogen-bond acceptors (Lipinski definition) is 6. The van der Waals surface area contributed by atoms with Gasteiger partial charge < -0.3 is 10.0 Å². The fraction of sp³-hybridized carbons (Fsp3) is 0.333. The second kappa shape index (κ2) is 6.38. The first-order valence-electron chi connectivity index (χ1n) is 7.05. The Balaban J connectivity index is 2.74. The molecule has 2 aromatic rings. The van der Waals surface area contributed by atoms with Gasteiger partial charge in [0.25, 0.3) is 0 Å². The fourth-order valence-electron chi connectivity index (χ4n) is 2.28. The number of phenolic OH excluding ortho intramolecular Hbond substituents is 1. The molecule has 1 aromatic carbocycles. The molecule has 7 heteroatoms. The molecule has 0 aliphatic heterocycles. The highest BCUT2D eigenvalue weighted by Crippen LogP contribution is 2.36. The topological polar surface area (TPSA) is 92.4 Å². The third-order valence-corrected chi connectivity index (χ3v) is 3.43. The minimum atomic E-state index is -0.511. The van der Waals surface area contributed by atoms with Gasteiger partial charge in [-0.2, -0.15) is 0 Å². The summed E-state index contributed by atoms with van der Waals surface area (Å²) in [5.74, 6) is 0.376. The molecule has 0 amide bonds. The van der Waals surface area contributed by atoms with Gasteiger partial charge in [0, 0.05) is 18.7 Å². The van der Waals surface area contributed by atoms with Crippen molar-refractivity contribution in [1.82, 2.24) is 9.97 Å². The fourth-order valence-corrected chi connectivity index (χ4v) is 2.28. The molecule has 0 atom stereocenters. The highest BCUT2D eigenvalue weighted by atomic mass is 16.6. The van der Waals surface area contributed by atoms with Crippen molar-refractivity contribution in [3.05, 3.63) is 40.1 Å². The Morgan fingerprint density at radius 2 is 1.86 bits per heavy atom. The summed E-state index contributed by atoms with van der Waals surface area (Å²) in [6.45, 7) is 6.88. The molecule has 116 valence electrons. The van der Waals surface area contributed by atoms with E-state index in [9.17, 15) is 15.2 Å². The van der Waals surface area contributed by atoms with Crippen molar-refractivity contribution >= 4 is 11.6 Å². The number of hydrogen-bond donors (Lipinski definition) is 1. The number of nitro groups is 1. The molecule has 0 bridgehead atoms. The first kappa shape index (κ1) is 15.7. The molecule has 1 N–H and O–H groups in total. The van der Waals surface area contributed by atoms with Crippen molar-refractivity contribution in [3.8, 4) is 17.0 Å². The van der Waals surface area contributed by atoms with E-state index >= 15 is 0 Å². The molecule has 0 aliphatic rings. The van der Waals surface area contributed by atoms with Gasteiger partial charge in [-0.15, -0.1) is 0 Å². The normalized spacial score (nSPS) is 10.5. The Morgan fingerprint density at radius 3 is 2.41 bits per heavy atom. The smallest absolute Gasteiger partial charge is 0.316 e. The largest absolute Gasteiger partial charge is 0.507 e. The minimum absolute atomic E-state index is 0.0470. The number of rotatable bonds is 5. The van der Waals surface area contributed by atoms with Crippen LogP contribution in [-0.4, -0.2) is 33.1 Å². The Kier molecular flexibility index (Phi) is 4.55. The van der Waals surface area contributed by atoms with Gasteiger partial charge in [-0.3, -0.25) is 10.1 Å². The summed E-state index contributed by atoms with van der Waals surface area (Å²) in [6.07, 6.45) is 0. The molecule has 22 heavy (non-hydrogen) atoms. The van der Waals surface area contributed by atoms with E-state index in [1.807, 2.05) is 18.7 Å². The van der Waals surface area contributed by atoms with Crippen LogP contribution < -0.4 is 4.90 Å². The van der Waals surface area contributed by atoms with Crippen LogP contribution in [0.2, 0.25) is 0 Å². The Bertz CT molecular complexity index is 699. The van der Waals surface area contributed by atoms with E-state index in [-0.39, 0.29) is 22.8 Å². The monoisotopic (exact) mass is 302 g/mol. The van der Waals surface area contributed by atoms with E-state index in [0.29, 0.717) is 24.6 Å². The maximum atomic E-state index is 11.4. The predicted octanol–water partition coefficient (Wildman–Crippen LogP) is 2.91. The summed E-state index contributed by atoms with van der Waals surface area (Å²) in [7, 11) is 0. The van der Waals surface area contributed by atoms with Crippen LogP contribution in [0.4, 0.5) is 11.6 Å². The van der Waals surface area contributed by atoms with Gasteiger partial charge in [-0.1, -0.05) is 12.1 Å². The van der Waals surface area contributed by atoms with Gasteiger partial charge in [0.1, 0.15) is 11.4 Å². The molecular weight excluding hydrogens is 284 g/mol. The summed E-state index contributed by atoms with van der Waals surface area (Å²) in [5.41, 5.74) is 0.558. The third-order valence-electron chi connectivity index (χ3n) is 3.43. The zero-order chi connectivity index (χ0) is 16.3. The average Bonchev–Trinajstić information content (AvgIpc) is 2.48. The summed E-state index contributed by atoms with van der Waals surface area (Å²) < 4.78 is 0. The highest BCUT2D eigenvalue weighted by molar-refractivity contribution is 5.76. The van der Waals surface area contributed by atoms with Gasteiger partial charge in [0.2, 0.25) is 5.95 Å². The van der Waals surface area contributed by atoms with Gasteiger partial charge in [0.05, 0.1) is 4.92 Å². The van der Waals surface area contributed by atoms with Crippen molar-refractivity contribution in [1.29, 1.82) is 0 Å². The number of anilines is 1. The average molecular weight is 302 g/mol. The lowest BCUT2D eigenvalue weighted by Crippen LogP contribution is -2.25. The zero-order valence-electron chi connectivity index (χ0n) is 12.8. The third kappa shape index (κ3) is 2.83. The number of aromatic nitrogens is 2. The number of aromatic hydroxyl groups is 1. The Labute approximate surface area is 128 Å². The summed E-state index contributed by atoms with van der Waals surface area (Å²) in [5, 5.41) is 21.4. The van der Waals surface area contributed by atoms with Crippen LogP contribution in [0, 0.1) is 17.0 Å². The molecule has 1 heterocycles. The van der Waals surface area contributed by atoms with E-state index < -0.39 is 4.92 Å². The maximum Gasteiger partial charge on any atom is 0.316 e. The number of benzene rings is 1. The lowest BCUT2D eigenvalue weighted by Gasteiger charge is -2.19. The zero-order valence-corrected chi connectivity index (χ0v) is 12.8. The second-order valence-corrected chi connectivity index (χ2v) is 4.75. The molecule has 0 saturated heterocycles. The van der Waals surface area contributed by atoms with Gasteiger partial charge >= 0.3 is 5.69 Å². The van der Waals surface area contributed by atoms with E-state index in [4.69, 9.17) is 0 Å². The second-order valence-electron chi connectivity index (χ2n) is 4.75. The summed E-state index contributed by atoms with van der Waals surface area (Å²) >= 11 is 0. The molecule has 0 aliphatic carbocycles. The maximum absolute atomic E-state index is 11.4. The van der Waals surface area contributed by atoms with Crippen LogP contribution in [0.5, 0.6) is 5.75 Å². The summed E-state index contributed by atoms with van der Waals surface area (Å²) in [6, 6.07) is 6.45. The van der Waals surface area contributed by atoms with E-state index in [2.05, 4.69) is 9.97 Å². The molecular formula is C15H18N4O3. The van der Waals surface area contributed by atoms with Crippen molar-refractivity contribution in [3.63, 3.8) is 0 Å². The lowest BCUT2D eigenvalue weighted by atomic mass is 10.1. The standard InChI is InChI=1S/C15H18N4O3/c1-4-18(5-2)15-16-10(3)14(19(21)22)13(17-15)11-8-6-7-9-12(11)20/h6-9,20H,4-5H2,1-3H3. The van der Waals surface area contributed by atoms with Gasteiger partial charge in [-0.25, -0.2) is 9.97 Å². The SMILES string of the molecule is CCN(CC)c1nc(C)c([N+](=O)[O-])c(-c2ccccc2O)n1. The number of aryl methyl sites for hydroxylation is 1.